The number of halogens is 3. The first kappa shape index (κ1) is 24.5. The summed E-state index contributed by atoms with van der Waals surface area (Å²) in [5.41, 5.74) is -1.08. The van der Waals surface area contributed by atoms with E-state index in [2.05, 4.69) is 5.32 Å². The molecule has 33 heavy (non-hydrogen) atoms. The van der Waals surface area contributed by atoms with Crippen molar-refractivity contribution in [2.24, 2.45) is 0 Å². The first-order valence-corrected chi connectivity index (χ1v) is 10.9. The Balaban J connectivity index is 2.10. The van der Waals surface area contributed by atoms with Crippen LogP contribution in [0.3, 0.4) is 0 Å². The monoisotopic (exact) mass is 479 g/mol. The second-order valence-corrected chi connectivity index (χ2v) is 8.39. The molecule has 1 atom stereocenters. The number of nitrogens with one attached hydrogen (secondary N) is 1. The number of hydrogen-bond donors (Lipinski definition) is 1. The van der Waals surface area contributed by atoms with E-state index in [0.29, 0.717) is 0 Å². The van der Waals surface area contributed by atoms with Gasteiger partial charge in [-0.2, -0.15) is 13.2 Å². The van der Waals surface area contributed by atoms with Crippen molar-refractivity contribution < 1.29 is 22.7 Å². The Morgan fingerprint density at radius 2 is 1.79 bits per heavy atom. The van der Waals surface area contributed by atoms with Crippen molar-refractivity contribution in [3.63, 3.8) is 0 Å². The Morgan fingerprint density at radius 3 is 2.42 bits per heavy atom. The van der Waals surface area contributed by atoms with E-state index in [-0.39, 0.29) is 29.4 Å². The van der Waals surface area contributed by atoms with Gasteiger partial charge in [0.1, 0.15) is 10.6 Å². The topological polar surface area (TPSA) is 63.6 Å². The molecule has 10 heteroatoms. The average Bonchev–Trinajstić information content (AvgIpc) is 3.12. The molecule has 0 fully saturated rings. The van der Waals surface area contributed by atoms with Gasteiger partial charge >= 0.3 is 6.18 Å². The zero-order valence-electron chi connectivity index (χ0n) is 18.3. The Kier molecular flexibility index (Phi) is 7.60. The molecule has 0 spiro atoms. The number of rotatable bonds is 8. The van der Waals surface area contributed by atoms with Crippen LogP contribution in [-0.2, 0) is 10.9 Å². The summed E-state index contributed by atoms with van der Waals surface area (Å²) in [6.45, 7) is 2.27. The number of carbonyl (C=O) groups is 1. The summed E-state index contributed by atoms with van der Waals surface area (Å²) in [6, 6.07) is 13.7. The van der Waals surface area contributed by atoms with Gasteiger partial charge in [0.2, 0.25) is 0 Å². The molecule has 3 aromatic rings. The van der Waals surface area contributed by atoms with Crippen LogP contribution in [0.4, 0.5) is 23.9 Å². The number of para-hydroxylation sites is 1. The third-order valence-electron chi connectivity index (χ3n) is 5.14. The van der Waals surface area contributed by atoms with E-state index in [0.717, 1.165) is 23.2 Å². The minimum Gasteiger partial charge on any atom is -0.383 e. The average molecular weight is 480 g/mol. The summed E-state index contributed by atoms with van der Waals surface area (Å²) >= 11 is 0.920. The molecule has 3 rings (SSSR count). The van der Waals surface area contributed by atoms with Crippen molar-refractivity contribution >= 4 is 28.1 Å². The Morgan fingerprint density at radius 1 is 1.15 bits per heavy atom. The lowest BCUT2D eigenvalue weighted by Gasteiger charge is -2.17. The summed E-state index contributed by atoms with van der Waals surface area (Å²) in [4.78, 5) is 27.8. The number of benzene rings is 2. The van der Waals surface area contributed by atoms with Crippen molar-refractivity contribution in [1.82, 2.24) is 8.86 Å². The van der Waals surface area contributed by atoms with Crippen LogP contribution in [0, 0.1) is 0 Å². The molecule has 1 amide bonds. The third-order valence-corrected chi connectivity index (χ3v) is 6.30. The highest BCUT2D eigenvalue weighted by Gasteiger charge is 2.34. The standard InChI is InChI=1S/C23H24F3N3O3S/c1-15(16-9-5-4-6-10-16)29-22(31)19(21(30)28(2)13-14-32-3)20(33-29)27-18-12-8-7-11-17(18)23(24,25)26/h4-12,15,27H,13-14H2,1-3H3/t15-/m0/s1. The van der Waals surface area contributed by atoms with Crippen molar-refractivity contribution in [3.05, 3.63) is 81.6 Å². The number of likely N-dealkylation sites (N-methyl/N-ethyl adjacent to an activating group) is 1. The van der Waals surface area contributed by atoms with E-state index in [9.17, 15) is 22.8 Å². The summed E-state index contributed by atoms with van der Waals surface area (Å²) in [7, 11) is 3.00. The SMILES string of the molecule is COCCN(C)C(=O)c1c(Nc2ccccc2C(F)(F)F)sn([C@@H](C)c2ccccc2)c1=O. The molecule has 0 saturated carbocycles. The molecule has 1 N–H and O–H groups in total. The maximum Gasteiger partial charge on any atom is 0.418 e. The molecule has 0 aliphatic heterocycles. The van der Waals surface area contributed by atoms with Gasteiger partial charge in [0.25, 0.3) is 11.5 Å². The number of anilines is 2. The molecule has 176 valence electrons. The molecule has 2 aromatic carbocycles. The van der Waals surface area contributed by atoms with E-state index < -0.39 is 29.2 Å². The highest BCUT2D eigenvalue weighted by molar-refractivity contribution is 7.11. The minimum absolute atomic E-state index is 0.0498. The van der Waals surface area contributed by atoms with Crippen LogP contribution in [0.25, 0.3) is 0 Å². The number of methoxy groups -OCH3 is 1. The van der Waals surface area contributed by atoms with Gasteiger partial charge in [-0.1, -0.05) is 42.5 Å². The van der Waals surface area contributed by atoms with Crippen molar-refractivity contribution in [2.75, 3.05) is 32.6 Å². The summed E-state index contributed by atoms with van der Waals surface area (Å²) in [6.07, 6.45) is -4.60. The van der Waals surface area contributed by atoms with E-state index in [1.807, 2.05) is 30.3 Å². The number of ether oxygens (including phenoxy) is 1. The first-order valence-electron chi connectivity index (χ1n) is 10.1. The minimum atomic E-state index is -4.60. The molecule has 1 aromatic heterocycles. The number of amides is 1. The first-order chi connectivity index (χ1) is 15.6. The normalized spacial score (nSPS) is 12.4. The summed E-state index contributed by atoms with van der Waals surface area (Å²) < 4.78 is 46.9. The molecule has 0 aliphatic carbocycles. The van der Waals surface area contributed by atoms with Gasteiger partial charge in [-0.15, -0.1) is 0 Å². The van der Waals surface area contributed by atoms with E-state index in [1.165, 1.54) is 41.2 Å². The molecule has 1 heterocycles. The van der Waals surface area contributed by atoms with Crippen LogP contribution in [-0.4, -0.2) is 42.1 Å². The molecular weight excluding hydrogens is 455 g/mol. The molecule has 6 nitrogen and oxygen atoms in total. The van der Waals surface area contributed by atoms with Gasteiger partial charge in [-0.3, -0.25) is 13.5 Å². The lowest BCUT2D eigenvalue weighted by Crippen LogP contribution is -2.34. The maximum absolute atomic E-state index is 13.5. The highest BCUT2D eigenvalue weighted by atomic mass is 32.1. The Labute approximate surface area is 193 Å². The largest absolute Gasteiger partial charge is 0.418 e. The van der Waals surface area contributed by atoms with Gasteiger partial charge in [0.15, 0.2) is 0 Å². The number of carbonyl (C=O) groups excluding carboxylic acids is 1. The Hall–Kier alpha value is -3.11. The van der Waals surface area contributed by atoms with Crippen LogP contribution in [0.2, 0.25) is 0 Å². The zero-order chi connectivity index (χ0) is 24.2. The van der Waals surface area contributed by atoms with Gasteiger partial charge in [-0.25, -0.2) is 0 Å². The molecule has 0 saturated heterocycles. The second-order valence-electron chi connectivity index (χ2n) is 7.40. The van der Waals surface area contributed by atoms with Crippen LogP contribution in [0.5, 0.6) is 0 Å². The zero-order valence-corrected chi connectivity index (χ0v) is 19.2. The molecule has 0 unspecified atom stereocenters. The van der Waals surface area contributed by atoms with Gasteiger partial charge in [0, 0.05) is 20.7 Å². The maximum atomic E-state index is 13.5. The van der Waals surface area contributed by atoms with E-state index >= 15 is 0 Å². The summed E-state index contributed by atoms with van der Waals surface area (Å²) in [5, 5.41) is 2.76. The Bertz CT molecular complexity index is 1160. The van der Waals surface area contributed by atoms with Crippen molar-refractivity contribution in [1.29, 1.82) is 0 Å². The third kappa shape index (κ3) is 5.45. The fourth-order valence-corrected chi connectivity index (χ4v) is 4.34. The molecule has 0 radical (unpaired) electrons. The van der Waals surface area contributed by atoms with Crippen LogP contribution in [0.1, 0.15) is 34.5 Å². The predicted molar refractivity (Wildman–Crippen MR) is 122 cm³/mol. The molecular formula is C23H24F3N3O3S. The van der Waals surface area contributed by atoms with Crippen molar-refractivity contribution in [3.8, 4) is 0 Å². The van der Waals surface area contributed by atoms with E-state index in [4.69, 9.17) is 4.74 Å². The lowest BCUT2D eigenvalue weighted by molar-refractivity contribution is -0.136. The molecule has 0 bridgehead atoms. The highest BCUT2D eigenvalue weighted by Crippen LogP contribution is 2.37. The number of nitrogens with zero attached hydrogens (tertiary/aromatic N) is 2. The summed E-state index contributed by atoms with van der Waals surface area (Å²) in [5.74, 6) is -0.598. The van der Waals surface area contributed by atoms with Gasteiger partial charge in [-0.05, 0) is 36.2 Å². The van der Waals surface area contributed by atoms with Crippen molar-refractivity contribution in [2.45, 2.75) is 19.1 Å². The van der Waals surface area contributed by atoms with Gasteiger partial charge in [0.05, 0.1) is 23.9 Å². The number of hydrogen-bond acceptors (Lipinski definition) is 5. The predicted octanol–water partition coefficient (Wildman–Crippen LogP) is 5.00. The number of alkyl halides is 3. The van der Waals surface area contributed by atoms with Crippen LogP contribution in [0.15, 0.2) is 59.4 Å². The second kappa shape index (κ2) is 10.2. The molecule has 0 aliphatic rings. The van der Waals surface area contributed by atoms with Crippen LogP contribution < -0.4 is 10.9 Å². The lowest BCUT2D eigenvalue weighted by atomic mass is 10.1. The van der Waals surface area contributed by atoms with Crippen LogP contribution >= 0.6 is 11.5 Å². The smallest absolute Gasteiger partial charge is 0.383 e. The fraction of sp³-hybridized carbons (Fsp3) is 0.304. The van der Waals surface area contributed by atoms with E-state index in [1.54, 1.807) is 6.92 Å². The fourth-order valence-electron chi connectivity index (χ4n) is 3.27. The van der Waals surface area contributed by atoms with Gasteiger partial charge < -0.3 is 15.0 Å². The number of aromatic nitrogens is 1. The quantitative estimate of drug-likeness (QED) is 0.494.